The molecule has 0 saturated carbocycles. The SMILES string of the molecule is COCCOCCCNc1cc(C(F)(F)F)nc(N)n1. The molecule has 1 heterocycles. The molecule has 0 aliphatic heterocycles. The summed E-state index contributed by atoms with van der Waals surface area (Å²) in [7, 11) is 1.57. The molecule has 0 bridgehead atoms. The van der Waals surface area contributed by atoms with Gasteiger partial charge in [0.1, 0.15) is 5.82 Å². The Morgan fingerprint density at radius 3 is 2.65 bits per heavy atom. The molecular formula is C11H17F3N4O2. The molecule has 114 valence electrons. The van der Waals surface area contributed by atoms with Gasteiger partial charge in [-0.1, -0.05) is 0 Å². The molecule has 1 rings (SSSR count). The van der Waals surface area contributed by atoms with Crippen LogP contribution in [0.3, 0.4) is 0 Å². The first-order chi connectivity index (χ1) is 9.43. The van der Waals surface area contributed by atoms with Crippen LogP contribution in [-0.2, 0) is 15.7 Å². The number of anilines is 2. The Kier molecular flexibility index (Phi) is 6.46. The minimum absolute atomic E-state index is 0.0433. The first-order valence-corrected chi connectivity index (χ1v) is 5.96. The topological polar surface area (TPSA) is 82.3 Å². The number of nitrogens with two attached hydrogens (primary N) is 1. The van der Waals surface area contributed by atoms with Crippen LogP contribution in [-0.4, -0.2) is 43.4 Å². The predicted octanol–water partition coefficient (Wildman–Crippen LogP) is 1.54. The molecule has 1 aromatic rings. The lowest BCUT2D eigenvalue weighted by Gasteiger charge is -2.10. The molecule has 0 fully saturated rings. The minimum Gasteiger partial charge on any atom is -0.382 e. The second-order valence-electron chi connectivity index (χ2n) is 3.88. The van der Waals surface area contributed by atoms with Gasteiger partial charge >= 0.3 is 6.18 Å². The van der Waals surface area contributed by atoms with E-state index in [-0.39, 0.29) is 5.82 Å². The number of rotatable bonds is 8. The van der Waals surface area contributed by atoms with Crippen molar-refractivity contribution in [3.63, 3.8) is 0 Å². The highest BCUT2D eigenvalue weighted by molar-refractivity contribution is 5.41. The molecule has 6 nitrogen and oxygen atoms in total. The van der Waals surface area contributed by atoms with Gasteiger partial charge in [0, 0.05) is 26.3 Å². The van der Waals surface area contributed by atoms with E-state index in [9.17, 15) is 13.2 Å². The molecule has 0 saturated heterocycles. The second kappa shape index (κ2) is 7.85. The summed E-state index contributed by atoms with van der Waals surface area (Å²) in [6.07, 6.45) is -3.92. The van der Waals surface area contributed by atoms with E-state index in [1.54, 1.807) is 7.11 Å². The number of nitrogen functional groups attached to an aromatic ring is 1. The molecule has 1 aromatic heterocycles. The maximum atomic E-state index is 12.5. The average molecular weight is 294 g/mol. The van der Waals surface area contributed by atoms with Crippen LogP contribution in [0.2, 0.25) is 0 Å². The number of aromatic nitrogens is 2. The predicted molar refractivity (Wildman–Crippen MR) is 67.2 cm³/mol. The zero-order valence-corrected chi connectivity index (χ0v) is 11.0. The molecule has 0 aromatic carbocycles. The van der Waals surface area contributed by atoms with E-state index >= 15 is 0 Å². The van der Waals surface area contributed by atoms with Gasteiger partial charge in [-0.25, -0.2) is 4.98 Å². The zero-order valence-electron chi connectivity index (χ0n) is 11.0. The quantitative estimate of drug-likeness (QED) is 0.708. The average Bonchev–Trinajstić information content (AvgIpc) is 2.36. The maximum Gasteiger partial charge on any atom is 0.433 e. The van der Waals surface area contributed by atoms with Gasteiger partial charge < -0.3 is 20.5 Å². The summed E-state index contributed by atoms with van der Waals surface area (Å²) in [4.78, 5) is 6.84. The number of nitrogens with zero attached hydrogens (tertiary/aromatic N) is 2. The second-order valence-corrected chi connectivity index (χ2v) is 3.88. The highest BCUT2D eigenvalue weighted by Crippen LogP contribution is 2.29. The van der Waals surface area contributed by atoms with Gasteiger partial charge in [0.2, 0.25) is 5.95 Å². The Hall–Kier alpha value is -1.61. The largest absolute Gasteiger partial charge is 0.433 e. The van der Waals surface area contributed by atoms with Crippen molar-refractivity contribution in [2.75, 3.05) is 44.5 Å². The smallest absolute Gasteiger partial charge is 0.382 e. The highest BCUT2D eigenvalue weighted by Gasteiger charge is 2.33. The van der Waals surface area contributed by atoms with Crippen molar-refractivity contribution in [2.24, 2.45) is 0 Å². The van der Waals surface area contributed by atoms with Gasteiger partial charge in [-0.15, -0.1) is 0 Å². The molecule has 3 N–H and O–H groups in total. The number of methoxy groups -OCH3 is 1. The van der Waals surface area contributed by atoms with E-state index in [0.717, 1.165) is 6.07 Å². The van der Waals surface area contributed by atoms with Gasteiger partial charge in [-0.2, -0.15) is 18.2 Å². The summed E-state index contributed by atoms with van der Waals surface area (Å²) < 4.78 is 47.5. The van der Waals surface area contributed by atoms with Crippen molar-refractivity contribution in [3.8, 4) is 0 Å². The number of nitrogens with one attached hydrogen (secondary N) is 1. The highest BCUT2D eigenvalue weighted by atomic mass is 19.4. The third-order valence-corrected chi connectivity index (χ3v) is 2.24. The van der Waals surface area contributed by atoms with Gasteiger partial charge in [0.15, 0.2) is 5.69 Å². The van der Waals surface area contributed by atoms with Crippen molar-refractivity contribution >= 4 is 11.8 Å². The van der Waals surface area contributed by atoms with Gasteiger partial charge in [-0.3, -0.25) is 0 Å². The van der Waals surface area contributed by atoms with Crippen molar-refractivity contribution in [2.45, 2.75) is 12.6 Å². The Morgan fingerprint density at radius 2 is 2.00 bits per heavy atom. The summed E-state index contributed by atoms with van der Waals surface area (Å²) >= 11 is 0. The first-order valence-electron chi connectivity index (χ1n) is 5.96. The van der Waals surface area contributed by atoms with E-state index in [0.29, 0.717) is 32.8 Å². The van der Waals surface area contributed by atoms with Crippen LogP contribution in [0.25, 0.3) is 0 Å². The van der Waals surface area contributed by atoms with E-state index in [1.807, 2.05) is 0 Å². The molecular weight excluding hydrogens is 277 g/mol. The molecule has 9 heteroatoms. The van der Waals surface area contributed by atoms with Crippen molar-refractivity contribution < 1.29 is 22.6 Å². The fraction of sp³-hybridized carbons (Fsp3) is 0.636. The van der Waals surface area contributed by atoms with E-state index in [4.69, 9.17) is 15.2 Å². The van der Waals surface area contributed by atoms with Crippen LogP contribution < -0.4 is 11.1 Å². The summed E-state index contributed by atoms with van der Waals surface area (Å²) in [6.45, 7) is 1.88. The van der Waals surface area contributed by atoms with Gasteiger partial charge in [0.05, 0.1) is 13.2 Å². The number of hydrogen-bond donors (Lipinski definition) is 2. The van der Waals surface area contributed by atoms with Crippen LogP contribution in [0.15, 0.2) is 6.07 Å². The summed E-state index contributed by atoms with van der Waals surface area (Å²) in [5, 5.41) is 2.75. The summed E-state index contributed by atoms with van der Waals surface area (Å²) in [5.74, 6) is -0.375. The summed E-state index contributed by atoms with van der Waals surface area (Å²) in [5.41, 5.74) is 4.17. The Morgan fingerprint density at radius 1 is 1.25 bits per heavy atom. The maximum absolute atomic E-state index is 12.5. The monoisotopic (exact) mass is 294 g/mol. The van der Waals surface area contributed by atoms with Crippen LogP contribution in [0.4, 0.5) is 24.9 Å². The Labute approximate surface area is 114 Å². The minimum atomic E-state index is -4.54. The Balaban J connectivity index is 2.39. The first kappa shape index (κ1) is 16.4. The van der Waals surface area contributed by atoms with E-state index in [1.165, 1.54) is 0 Å². The lowest BCUT2D eigenvalue weighted by Crippen LogP contribution is -2.14. The van der Waals surface area contributed by atoms with E-state index < -0.39 is 17.8 Å². The van der Waals surface area contributed by atoms with E-state index in [2.05, 4.69) is 15.3 Å². The molecule has 0 amide bonds. The van der Waals surface area contributed by atoms with Crippen LogP contribution in [0, 0.1) is 0 Å². The van der Waals surface area contributed by atoms with Gasteiger partial charge in [-0.05, 0) is 6.42 Å². The van der Waals surface area contributed by atoms with Crippen LogP contribution in [0.1, 0.15) is 12.1 Å². The standard InChI is InChI=1S/C11H17F3N4O2/c1-19-5-6-20-4-2-3-16-9-7-8(11(12,13)14)17-10(15)18-9/h7H,2-6H2,1H3,(H3,15,16,17,18). The number of ether oxygens (including phenoxy) is 2. The number of alkyl halides is 3. The molecule has 0 unspecified atom stereocenters. The third kappa shape index (κ3) is 6.02. The zero-order chi connectivity index (χ0) is 15.0. The van der Waals surface area contributed by atoms with Gasteiger partial charge in [0.25, 0.3) is 0 Å². The molecule has 0 atom stereocenters. The van der Waals surface area contributed by atoms with Crippen molar-refractivity contribution in [3.05, 3.63) is 11.8 Å². The fourth-order valence-electron chi connectivity index (χ4n) is 1.34. The van der Waals surface area contributed by atoms with Crippen LogP contribution in [0.5, 0.6) is 0 Å². The summed E-state index contributed by atoms with van der Waals surface area (Å²) in [6, 6.07) is 0.822. The number of hydrogen-bond acceptors (Lipinski definition) is 6. The molecule has 0 aliphatic rings. The van der Waals surface area contributed by atoms with Crippen molar-refractivity contribution in [1.29, 1.82) is 0 Å². The number of halogens is 3. The molecule has 20 heavy (non-hydrogen) atoms. The van der Waals surface area contributed by atoms with Crippen molar-refractivity contribution in [1.82, 2.24) is 9.97 Å². The lowest BCUT2D eigenvalue weighted by molar-refractivity contribution is -0.141. The van der Waals surface area contributed by atoms with Crippen LogP contribution >= 0.6 is 0 Å². The molecule has 0 radical (unpaired) electrons. The molecule has 0 spiro atoms. The lowest BCUT2D eigenvalue weighted by atomic mass is 10.3. The molecule has 0 aliphatic carbocycles. The third-order valence-electron chi connectivity index (χ3n) is 2.24. The Bertz CT molecular complexity index is 415. The normalized spacial score (nSPS) is 11.6. The fourth-order valence-corrected chi connectivity index (χ4v) is 1.34.